The Morgan fingerprint density at radius 1 is 1.03 bits per heavy atom. The molecule has 0 unspecified atom stereocenters. The summed E-state index contributed by atoms with van der Waals surface area (Å²) in [5.74, 6) is 0.0199. The van der Waals surface area contributed by atoms with Gasteiger partial charge in [-0.3, -0.25) is 4.79 Å². The molecule has 1 aromatic heterocycles. The Kier molecular flexibility index (Phi) is 4.66. The molecule has 0 atom stereocenters. The third kappa shape index (κ3) is 3.24. The third-order valence-corrected chi connectivity index (χ3v) is 6.40. The predicted octanol–water partition coefficient (Wildman–Crippen LogP) is 4.16. The Morgan fingerprint density at radius 3 is 2.55 bits per heavy atom. The third-order valence-electron chi connectivity index (χ3n) is 5.34. The van der Waals surface area contributed by atoms with E-state index in [1.165, 1.54) is 0 Å². The number of ether oxygens (including phenoxy) is 1. The van der Waals surface area contributed by atoms with E-state index < -0.39 is 0 Å². The first-order chi connectivity index (χ1) is 14.2. The van der Waals surface area contributed by atoms with Crippen molar-refractivity contribution < 1.29 is 9.53 Å². The molecule has 0 saturated carbocycles. The molecule has 0 spiro atoms. The van der Waals surface area contributed by atoms with Gasteiger partial charge in [0.1, 0.15) is 0 Å². The highest BCUT2D eigenvalue weighted by Crippen LogP contribution is 2.40. The summed E-state index contributed by atoms with van der Waals surface area (Å²) in [5, 5.41) is 0.978. The number of carbonyl (C=O) groups is 1. The molecular formula is C23H21N3O2S. The number of hydrogen-bond donors (Lipinski definition) is 0. The van der Waals surface area contributed by atoms with E-state index in [4.69, 9.17) is 9.72 Å². The van der Waals surface area contributed by atoms with Crippen LogP contribution in [0, 0.1) is 0 Å². The molecule has 3 aromatic rings. The topological polar surface area (TPSA) is 45.7 Å². The van der Waals surface area contributed by atoms with Gasteiger partial charge in [-0.15, -0.1) is 0 Å². The summed E-state index contributed by atoms with van der Waals surface area (Å²) < 4.78 is 5.49. The van der Waals surface area contributed by atoms with Crippen LogP contribution in [0.1, 0.15) is 10.4 Å². The lowest BCUT2D eigenvalue weighted by Crippen LogP contribution is -2.36. The van der Waals surface area contributed by atoms with Crippen LogP contribution in [0.3, 0.4) is 0 Å². The summed E-state index contributed by atoms with van der Waals surface area (Å²) >= 11 is 1.64. The van der Waals surface area contributed by atoms with Crippen LogP contribution in [0.25, 0.3) is 22.9 Å². The van der Waals surface area contributed by atoms with Gasteiger partial charge >= 0.3 is 0 Å². The maximum Gasteiger partial charge on any atom is 0.258 e. The number of amides is 1. The van der Waals surface area contributed by atoms with Crippen LogP contribution in [-0.2, 0) is 9.53 Å². The standard InChI is InChI=1S/C23H21N3O2S/c1-25-19-10-6-5-9-17(19)18(22(25)27)15-20-21(16-7-3-2-4-8-16)24-23(29-20)26-11-13-28-14-12-26/h2-10,15H,11-14H2,1H3/b18-15+. The highest BCUT2D eigenvalue weighted by Gasteiger charge is 2.30. The van der Waals surface area contributed by atoms with E-state index in [0.717, 1.165) is 51.2 Å². The van der Waals surface area contributed by atoms with Crippen molar-refractivity contribution in [2.24, 2.45) is 0 Å². The van der Waals surface area contributed by atoms with Gasteiger partial charge in [0.25, 0.3) is 5.91 Å². The molecule has 146 valence electrons. The van der Waals surface area contributed by atoms with Crippen molar-refractivity contribution in [2.75, 3.05) is 43.2 Å². The van der Waals surface area contributed by atoms with Gasteiger partial charge in [0.15, 0.2) is 5.13 Å². The first-order valence-corrected chi connectivity index (χ1v) is 10.5. The van der Waals surface area contributed by atoms with Crippen molar-refractivity contribution in [3.63, 3.8) is 0 Å². The monoisotopic (exact) mass is 403 g/mol. The molecule has 6 heteroatoms. The Bertz CT molecular complexity index is 1080. The molecule has 1 fully saturated rings. The molecule has 2 aliphatic rings. The van der Waals surface area contributed by atoms with E-state index in [1.54, 1.807) is 16.2 Å². The van der Waals surface area contributed by atoms with Crippen LogP contribution in [0.15, 0.2) is 54.6 Å². The minimum Gasteiger partial charge on any atom is -0.378 e. The van der Waals surface area contributed by atoms with E-state index in [-0.39, 0.29) is 5.91 Å². The fourth-order valence-electron chi connectivity index (χ4n) is 3.78. The average molecular weight is 404 g/mol. The number of aromatic nitrogens is 1. The van der Waals surface area contributed by atoms with Gasteiger partial charge in [0.05, 0.1) is 35.0 Å². The van der Waals surface area contributed by atoms with Gasteiger partial charge in [-0.2, -0.15) is 0 Å². The van der Waals surface area contributed by atoms with Crippen LogP contribution in [0.2, 0.25) is 0 Å². The van der Waals surface area contributed by atoms with E-state index >= 15 is 0 Å². The molecule has 2 aromatic carbocycles. The second-order valence-corrected chi connectivity index (χ2v) is 8.12. The summed E-state index contributed by atoms with van der Waals surface area (Å²) in [6.45, 7) is 3.10. The number of nitrogens with zero attached hydrogens (tertiary/aromatic N) is 3. The van der Waals surface area contributed by atoms with Crippen molar-refractivity contribution in [3.05, 3.63) is 65.0 Å². The average Bonchev–Trinajstić information content (AvgIpc) is 3.31. The normalized spacial score (nSPS) is 17.8. The quantitative estimate of drug-likeness (QED) is 0.616. The Morgan fingerprint density at radius 2 is 1.76 bits per heavy atom. The number of hydrogen-bond acceptors (Lipinski definition) is 5. The van der Waals surface area contributed by atoms with Gasteiger partial charge in [-0.05, 0) is 12.1 Å². The van der Waals surface area contributed by atoms with Gasteiger partial charge in [-0.25, -0.2) is 4.98 Å². The molecule has 1 amide bonds. The highest BCUT2D eigenvalue weighted by atomic mass is 32.1. The van der Waals surface area contributed by atoms with Crippen LogP contribution in [0.5, 0.6) is 0 Å². The number of carbonyl (C=O) groups excluding carboxylic acids is 1. The lowest BCUT2D eigenvalue weighted by Gasteiger charge is -2.26. The van der Waals surface area contributed by atoms with Crippen molar-refractivity contribution in [1.82, 2.24) is 4.98 Å². The lowest BCUT2D eigenvalue weighted by atomic mass is 10.0. The molecule has 5 nitrogen and oxygen atoms in total. The number of likely N-dealkylation sites (N-methyl/N-ethyl adjacent to an activating group) is 1. The molecule has 1 saturated heterocycles. The zero-order valence-corrected chi connectivity index (χ0v) is 17.0. The minimum absolute atomic E-state index is 0.0199. The molecule has 0 aliphatic carbocycles. The maximum atomic E-state index is 12.9. The fourth-order valence-corrected chi connectivity index (χ4v) is 4.86. The smallest absolute Gasteiger partial charge is 0.258 e. The van der Waals surface area contributed by atoms with E-state index in [0.29, 0.717) is 13.2 Å². The summed E-state index contributed by atoms with van der Waals surface area (Å²) in [6.07, 6.45) is 2.01. The molecule has 29 heavy (non-hydrogen) atoms. The molecule has 0 bridgehead atoms. The number of fused-ring (bicyclic) bond motifs is 1. The zero-order chi connectivity index (χ0) is 19.8. The van der Waals surface area contributed by atoms with Crippen molar-refractivity contribution in [1.29, 1.82) is 0 Å². The second kappa shape index (κ2) is 7.46. The zero-order valence-electron chi connectivity index (χ0n) is 16.2. The molecule has 3 heterocycles. The Balaban J connectivity index is 1.63. The van der Waals surface area contributed by atoms with E-state index in [2.05, 4.69) is 17.0 Å². The van der Waals surface area contributed by atoms with Crippen molar-refractivity contribution in [3.8, 4) is 11.3 Å². The largest absolute Gasteiger partial charge is 0.378 e. The number of para-hydroxylation sites is 1. The number of benzene rings is 2. The maximum absolute atomic E-state index is 12.9. The van der Waals surface area contributed by atoms with Crippen LogP contribution < -0.4 is 9.80 Å². The number of anilines is 2. The van der Waals surface area contributed by atoms with Gasteiger partial charge in [-0.1, -0.05) is 59.9 Å². The first kappa shape index (κ1) is 18.1. The summed E-state index contributed by atoms with van der Waals surface area (Å²) in [6, 6.07) is 18.1. The van der Waals surface area contributed by atoms with Crippen LogP contribution >= 0.6 is 11.3 Å². The SMILES string of the molecule is CN1C(=O)/C(=C/c2sc(N3CCOCC3)nc2-c2ccccc2)c2ccccc21. The molecule has 0 radical (unpaired) electrons. The molecule has 0 N–H and O–H groups in total. The van der Waals surface area contributed by atoms with Crippen molar-refractivity contribution in [2.45, 2.75) is 0 Å². The fraction of sp³-hybridized carbons (Fsp3) is 0.217. The molecule has 5 rings (SSSR count). The van der Waals surface area contributed by atoms with Gasteiger partial charge in [0.2, 0.25) is 0 Å². The number of morpholine rings is 1. The second-order valence-electron chi connectivity index (χ2n) is 7.11. The summed E-state index contributed by atoms with van der Waals surface area (Å²) in [7, 11) is 1.83. The van der Waals surface area contributed by atoms with E-state index in [9.17, 15) is 4.79 Å². The molecule has 2 aliphatic heterocycles. The molecular weight excluding hydrogens is 382 g/mol. The highest BCUT2D eigenvalue weighted by molar-refractivity contribution is 7.17. The minimum atomic E-state index is 0.0199. The van der Waals surface area contributed by atoms with Crippen LogP contribution in [-0.4, -0.2) is 44.2 Å². The predicted molar refractivity (Wildman–Crippen MR) is 118 cm³/mol. The van der Waals surface area contributed by atoms with Gasteiger partial charge < -0.3 is 14.5 Å². The summed E-state index contributed by atoms with van der Waals surface area (Å²) in [4.78, 5) is 22.9. The van der Waals surface area contributed by atoms with Crippen LogP contribution in [0.4, 0.5) is 10.8 Å². The number of thiazole rings is 1. The van der Waals surface area contributed by atoms with Crippen molar-refractivity contribution >= 4 is 39.7 Å². The summed E-state index contributed by atoms with van der Waals surface area (Å²) in [5.41, 5.74) is 4.62. The Hall–Kier alpha value is -2.96. The Labute approximate surface area is 173 Å². The van der Waals surface area contributed by atoms with E-state index in [1.807, 2.05) is 55.6 Å². The number of rotatable bonds is 3. The lowest BCUT2D eigenvalue weighted by molar-refractivity contribution is -0.112. The first-order valence-electron chi connectivity index (χ1n) is 9.70. The van der Waals surface area contributed by atoms with Gasteiger partial charge in [0, 0.05) is 31.3 Å².